The van der Waals surface area contributed by atoms with Crippen molar-refractivity contribution in [2.45, 2.75) is 19.3 Å². The standard InChI is InChI=1S/C15H21NOS/c1-16(2)8-9-18-11-15(17)14-7-6-12-4-3-5-13(12)10-14/h6-7,10H,3-5,8-9,11H2,1-2H3. The van der Waals surface area contributed by atoms with Gasteiger partial charge in [-0.15, -0.1) is 0 Å². The second-order valence-electron chi connectivity index (χ2n) is 5.12. The van der Waals surface area contributed by atoms with Crippen LogP contribution in [0.15, 0.2) is 18.2 Å². The zero-order valence-electron chi connectivity index (χ0n) is 11.2. The molecule has 2 rings (SSSR count). The Balaban J connectivity index is 1.85. The van der Waals surface area contributed by atoms with Gasteiger partial charge in [0.05, 0.1) is 5.75 Å². The van der Waals surface area contributed by atoms with Gasteiger partial charge in [-0.25, -0.2) is 0 Å². The van der Waals surface area contributed by atoms with E-state index < -0.39 is 0 Å². The summed E-state index contributed by atoms with van der Waals surface area (Å²) >= 11 is 1.73. The monoisotopic (exact) mass is 263 g/mol. The van der Waals surface area contributed by atoms with Gasteiger partial charge in [0, 0.05) is 17.9 Å². The third kappa shape index (κ3) is 3.59. The minimum Gasteiger partial charge on any atom is -0.309 e. The summed E-state index contributed by atoms with van der Waals surface area (Å²) in [7, 11) is 4.12. The van der Waals surface area contributed by atoms with Gasteiger partial charge in [0.15, 0.2) is 5.78 Å². The van der Waals surface area contributed by atoms with E-state index in [0.717, 1.165) is 24.3 Å². The second-order valence-corrected chi connectivity index (χ2v) is 6.22. The summed E-state index contributed by atoms with van der Waals surface area (Å²) in [5, 5.41) is 0. The van der Waals surface area contributed by atoms with Crippen molar-refractivity contribution in [1.29, 1.82) is 0 Å². The van der Waals surface area contributed by atoms with Crippen LogP contribution >= 0.6 is 11.8 Å². The number of nitrogens with zero attached hydrogens (tertiary/aromatic N) is 1. The van der Waals surface area contributed by atoms with E-state index in [0.29, 0.717) is 5.75 Å². The van der Waals surface area contributed by atoms with E-state index in [-0.39, 0.29) is 5.78 Å². The number of rotatable bonds is 6. The zero-order chi connectivity index (χ0) is 13.0. The Morgan fingerprint density at radius 3 is 2.83 bits per heavy atom. The third-order valence-electron chi connectivity index (χ3n) is 3.34. The zero-order valence-corrected chi connectivity index (χ0v) is 12.1. The number of hydrogen-bond donors (Lipinski definition) is 0. The van der Waals surface area contributed by atoms with Crippen molar-refractivity contribution >= 4 is 17.5 Å². The van der Waals surface area contributed by atoms with Crippen LogP contribution in [0.4, 0.5) is 0 Å². The third-order valence-corrected chi connectivity index (χ3v) is 4.27. The fourth-order valence-corrected chi connectivity index (χ4v) is 3.23. The second kappa shape index (κ2) is 6.39. The van der Waals surface area contributed by atoms with E-state index in [9.17, 15) is 4.79 Å². The van der Waals surface area contributed by atoms with Crippen molar-refractivity contribution in [3.05, 3.63) is 34.9 Å². The summed E-state index contributed by atoms with van der Waals surface area (Å²) in [5.74, 6) is 1.89. The van der Waals surface area contributed by atoms with Crippen molar-refractivity contribution in [1.82, 2.24) is 4.90 Å². The Bertz CT molecular complexity index is 429. The number of aryl methyl sites for hydroxylation is 2. The summed E-state index contributed by atoms with van der Waals surface area (Å²) in [6, 6.07) is 6.25. The molecule has 1 aliphatic carbocycles. The van der Waals surface area contributed by atoms with E-state index in [1.54, 1.807) is 11.8 Å². The molecule has 3 heteroatoms. The molecule has 0 bridgehead atoms. The molecule has 0 aliphatic heterocycles. The minimum absolute atomic E-state index is 0.272. The van der Waals surface area contributed by atoms with Crippen LogP contribution in [-0.2, 0) is 12.8 Å². The number of fused-ring (bicyclic) bond motifs is 1. The molecule has 0 unspecified atom stereocenters. The fraction of sp³-hybridized carbons (Fsp3) is 0.533. The number of Topliss-reactive ketones (excluding diaryl/α,β-unsaturated/α-hetero) is 1. The molecule has 1 aliphatic rings. The van der Waals surface area contributed by atoms with Gasteiger partial charge in [0.1, 0.15) is 0 Å². The van der Waals surface area contributed by atoms with Gasteiger partial charge < -0.3 is 4.90 Å². The fourth-order valence-electron chi connectivity index (χ4n) is 2.24. The first-order valence-corrected chi connectivity index (χ1v) is 7.70. The predicted molar refractivity (Wildman–Crippen MR) is 78.7 cm³/mol. The number of ketones is 1. The van der Waals surface area contributed by atoms with Crippen LogP contribution < -0.4 is 0 Å². The number of benzene rings is 1. The Morgan fingerprint density at radius 1 is 1.28 bits per heavy atom. The van der Waals surface area contributed by atoms with Gasteiger partial charge >= 0.3 is 0 Å². The Labute approximate surface area is 114 Å². The maximum absolute atomic E-state index is 12.1. The summed E-state index contributed by atoms with van der Waals surface area (Å²) in [6.07, 6.45) is 3.57. The molecule has 0 fully saturated rings. The van der Waals surface area contributed by atoms with Crippen LogP contribution in [0, 0.1) is 0 Å². The molecule has 0 saturated carbocycles. The van der Waals surface area contributed by atoms with Gasteiger partial charge in [-0.2, -0.15) is 11.8 Å². The molecular formula is C15H21NOS. The van der Waals surface area contributed by atoms with E-state index in [1.165, 1.54) is 24.0 Å². The Hall–Kier alpha value is -0.800. The number of hydrogen-bond acceptors (Lipinski definition) is 3. The van der Waals surface area contributed by atoms with E-state index in [1.807, 2.05) is 6.07 Å². The van der Waals surface area contributed by atoms with Crippen LogP contribution in [0.3, 0.4) is 0 Å². The van der Waals surface area contributed by atoms with Crippen LogP contribution in [0.2, 0.25) is 0 Å². The van der Waals surface area contributed by atoms with E-state index in [4.69, 9.17) is 0 Å². The average Bonchev–Trinajstić information content (AvgIpc) is 2.81. The first-order chi connectivity index (χ1) is 8.66. The van der Waals surface area contributed by atoms with Gasteiger partial charge in [-0.3, -0.25) is 4.79 Å². The maximum Gasteiger partial charge on any atom is 0.172 e. The van der Waals surface area contributed by atoms with Gasteiger partial charge in [-0.05, 0) is 50.6 Å². The molecule has 0 radical (unpaired) electrons. The molecular weight excluding hydrogens is 242 g/mol. The predicted octanol–water partition coefficient (Wildman–Crippen LogP) is 2.65. The van der Waals surface area contributed by atoms with Crippen molar-refractivity contribution in [2.75, 3.05) is 32.1 Å². The van der Waals surface area contributed by atoms with Crippen LogP contribution in [0.1, 0.15) is 27.9 Å². The van der Waals surface area contributed by atoms with E-state index in [2.05, 4.69) is 31.1 Å². The van der Waals surface area contributed by atoms with Crippen molar-refractivity contribution < 1.29 is 4.79 Å². The lowest BCUT2D eigenvalue weighted by atomic mass is 10.0. The van der Waals surface area contributed by atoms with Crippen molar-refractivity contribution in [3.8, 4) is 0 Å². The average molecular weight is 263 g/mol. The molecule has 1 aromatic carbocycles. The highest BCUT2D eigenvalue weighted by Gasteiger charge is 2.13. The summed E-state index contributed by atoms with van der Waals surface area (Å²) < 4.78 is 0. The summed E-state index contributed by atoms with van der Waals surface area (Å²) in [4.78, 5) is 14.2. The minimum atomic E-state index is 0.272. The van der Waals surface area contributed by atoms with Crippen LogP contribution in [-0.4, -0.2) is 42.8 Å². The Kier molecular flexibility index (Phi) is 4.84. The molecule has 0 amide bonds. The molecule has 0 aromatic heterocycles. The summed E-state index contributed by atoms with van der Waals surface area (Å²) in [5.41, 5.74) is 3.72. The molecule has 0 saturated heterocycles. The van der Waals surface area contributed by atoms with Gasteiger partial charge in [0.25, 0.3) is 0 Å². The molecule has 2 nitrogen and oxygen atoms in total. The maximum atomic E-state index is 12.1. The molecule has 0 spiro atoms. The number of carbonyl (C=O) groups excluding carboxylic acids is 1. The molecule has 1 aromatic rings. The topological polar surface area (TPSA) is 20.3 Å². The van der Waals surface area contributed by atoms with Crippen LogP contribution in [0.25, 0.3) is 0 Å². The largest absolute Gasteiger partial charge is 0.309 e. The van der Waals surface area contributed by atoms with E-state index >= 15 is 0 Å². The smallest absolute Gasteiger partial charge is 0.172 e. The number of thioether (sulfide) groups is 1. The van der Waals surface area contributed by atoms with Crippen molar-refractivity contribution in [2.24, 2.45) is 0 Å². The molecule has 0 N–H and O–H groups in total. The lowest BCUT2D eigenvalue weighted by molar-refractivity contribution is 0.102. The normalized spacial score (nSPS) is 13.9. The lowest BCUT2D eigenvalue weighted by Crippen LogP contribution is -2.15. The summed E-state index contributed by atoms with van der Waals surface area (Å²) in [6.45, 7) is 1.03. The number of carbonyl (C=O) groups is 1. The molecule has 98 valence electrons. The first kappa shape index (κ1) is 13.6. The van der Waals surface area contributed by atoms with Gasteiger partial charge in [-0.1, -0.05) is 12.1 Å². The van der Waals surface area contributed by atoms with Gasteiger partial charge in [0.2, 0.25) is 0 Å². The lowest BCUT2D eigenvalue weighted by Gasteiger charge is -2.08. The highest BCUT2D eigenvalue weighted by Crippen LogP contribution is 2.23. The first-order valence-electron chi connectivity index (χ1n) is 6.54. The highest BCUT2D eigenvalue weighted by molar-refractivity contribution is 8.00. The highest BCUT2D eigenvalue weighted by atomic mass is 32.2. The molecule has 18 heavy (non-hydrogen) atoms. The quantitative estimate of drug-likeness (QED) is 0.581. The molecule has 0 heterocycles. The van der Waals surface area contributed by atoms with Crippen LogP contribution in [0.5, 0.6) is 0 Å². The SMILES string of the molecule is CN(C)CCSCC(=O)c1ccc2c(c1)CCC2. The molecule has 0 atom stereocenters. The Morgan fingerprint density at radius 2 is 2.06 bits per heavy atom. The van der Waals surface area contributed by atoms with Crippen molar-refractivity contribution in [3.63, 3.8) is 0 Å².